The van der Waals surface area contributed by atoms with Crippen molar-refractivity contribution in [2.45, 2.75) is 127 Å². The van der Waals surface area contributed by atoms with Crippen molar-refractivity contribution in [3.05, 3.63) is 110 Å². The molecule has 0 atom stereocenters. The number of fused-ring (bicyclic) bond motifs is 3. The van der Waals surface area contributed by atoms with Gasteiger partial charge in [-0.05, 0) is 87.3 Å². The van der Waals surface area contributed by atoms with Gasteiger partial charge in [-0.1, -0.05) is 121 Å². The number of nitrogens with one attached hydrogen (secondary N) is 3. The quantitative estimate of drug-likeness (QED) is 0.0287. The summed E-state index contributed by atoms with van der Waals surface area (Å²) in [7, 11) is 0. The van der Waals surface area contributed by atoms with Gasteiger partial charge in [-0.3, -0.25) is 19.7 Å². The summed E-state index contributed by atoms with van der Waals surface area (Å²) < 4.78 is 0. The molecule has 9 rings (SSSR count). The summed E-state index contributed by atoms with van der Waals surface area (Å²) in [6, 6.07) is 17.5. The Kier molecular flexibility index (Phi) is 17.6. The van der Waals surface area contributed by atoms with Gasteiger partial charge in [0.15, 0.2) is 23.6 Å². The minimum Gasteiger partial charge on any atom is -0.480 e. The van der Waals surface area contributed by atoms with Crippen molar-refractivity contribution in [3.8, 4) is 0 Å². The number of guanidine groups is 2. The maximum atomic E-state index is 12.1. The zero-order chi connectivity index (χ0) is 51.8. The molecule has 0 bridgehead atoms. The van der Waals surface area contributed by atoms with E-state index in [0.29, 0.717) is 64.3 Å². The summed E-state index contributed by atoms with van der Waals surface area (Å²) >= 11 is 24.7. The van der Waals surface area contributed by atoms with Crippen LogP contribution in [0, 0.1) is 0 Å². The molecule has 16 nitrogen and oxygen atoms in total. The standard InChI is InChI=1S/C18H22ClN5O.C17H18Cl2N2O.C17H20ClN5O2/c1-11(25)18(6-2-3-7-18)23-9-12-4-5-13-14(8-12)16(24-17(20)21)22-10-15(13)19;1-11(22)17(6-2-3-7-17)21-9-12-4-5-13-14(8-12)16(19)20-10-15(13)18;18-13-9-21-14(23-16(19)20)12-7-10(3-4-11(12)13)8-22-17(15(24)25)5-1-2-6-17/h4-5,8,10,23H,2-3,6-7,9H2,1H3,(H4,20,21,22,24);4-5,8,10,21H,2-3,6-7,9H2,1H3;3-4,7,9,22H,1-2,5-6,8H2,(H,24,25)(H4,19,20,21,23). The molecule has 3 aromatic carbocycles. The van der Waals surface area contributed by atoms with Crippen LogP contribution in [-0.4, -0.2) is 66.1 Å². The van der Waals surface area contributed by atoms with E-state index in [0.717, 1.165) is 113 Å². The highest BCUT2D eigenvalue weighted by Crippen LogP contribution is 2.36. The number of carboxylic acids is 1. The van der Waals surface area contributed by atoms with Crippen LogP contribution in [0.2, 0.25) is 20.2 Å². The summed E-state index contributed by atoms with van der Waals surface area (Å²) in [5.74, 6) is 0.317. The average Bonchev–Trinajstić information content (AvgIpc) is 4.17. The van der Waals surface area contributed by atoms with E-state index in [1.54, 1.807) is 20.0 Å². The Morgan fingerprint density at radius 2 is 0.833 bits per heavy atom. The fourth-order valence-corrected chi connectivity index (χ4v) is 10.8. The molecule has 72 heavy (non-hydrogen) atoms. The summed E-state index contributed by atoms with van der Waals surface area (Å²) in [6.07, 6.45) is 15.7. The number of carbonyl (C=O) groups excluding carboxylic acids is 2. The molecule has 6 aromatic rings. The first-order valence-electron chi connectivity index (χ1n) is 23.9. The second kappa shape index (κ2) is 23.4. The van der Waals surface area contributed by atoms with Crippen LogP contribution in [0.4, 0.5) is 11.6 Å². The van der Waals surface area contributed by atoms with Crippen LogP contribution in [0.1, 0.15) is 108 Å². The summed E-state index contributed by atoms with van der Waals surface area (Å²) in [5, 5.41) is 26.6. The third kappa shape index (κ3) is 12.5. The van der Waals surface area contributed by atoms with Gasteiger partial charge in [0.1, 0.15) is 22.3 Å². The van der Waals surface area contributed by atoms with E-state index in [2.05, 4.69) is 40.9 Å². The number of aliphatic imine (C=N–C) groups is 2. The topological polar surface area (TPSA) is 275 Å². The first-order valence-corrected chi connectivity index (χ1v) is 25.4. The lowest BCUT2D eigenvalue weighted by atomic mass is 9.92. The van der Waals surface area contributed by atoms with Crippen LogP contribution in [0.15, 0.2) is 83.2 Å². The molecule has 3 fully saturated rings. The van der Waals surface area contributed by atoms with Gasteiger partial charge in [0.2, 0.25) is 0 Å². The monoisotopic (exact) mass is 1060 g/mol. The maximum Gasteiger partial charge on any atom is 0.323 e. The van der Waals surface area contributed by atoms with Crippen molar-refractivity contribution >= 4 is 120 Å². The van der Waals surface area contributed by atoms with Gasteiger partial charge in [-0.15, -0.1) is 0 Å². The van der Waals surface area contributed by atoms with Crippen molar-refractivity contribution in [3.63, 3.8) is 0 Å². The number of ketones is 2. The molecule has 0 radical (unpaired) electrons. The second-order valence-corrected chi connectivity index (χ2v) is 20.4. The zero-order valence-corrected chi connectivity index (χ0v) is 43.3. The molecule has 20 heteroatoms. The minimum absolute atomic E-state index is 0.0545. The molecule has 3 heterocycles. The van der Waals surface area contributed by atoms with Crippen LogP contribution in [-0.2, 0) is 34.0 Å². The Morgan fingerprint density at radius 3 is 1.18 bits per heavy atom. The van der Waals surface area contributed by atoms with Crippen LogP contribution < -0.4 is 38.9 Å². The molecule has 3 aromatic heterocycles. The van der Waals surface area contributed by atoms with Crippen molar-refractivity contribution in [2.75, 3.05) is 0 Å². The molecule has 0 saturated heterocycles. The molecule has 0 unspecified atom stereocenters. The number of aliphatic carboxylic acids is 1. The lowest BCUT2D eigenvalue weighted by molar-refractivity contribution is -0.144. The van der Waals surface area contributed by atoms with Gasteiger partial charge < -0.3 is 38.7 Å². The fourth-order valence-electron chi connectivity index (χ4n) is 9.98. The van der Waals surface area contributed by atoms with Gasteiger partial charge in [0.25, 0.3) is 0 Å². The highest BCUT2D eigenvalue weighted by molar-refractivity contribution is 6.39. The van der Waals surface area contributed by atoms with E-state index < -0.39 is 17.0 Å². The maximum absolute atomic E-state index is 12.1. The fraction of sp³-hybridized carbons (Fsp3) is 0.385. The molecule has 380 valence electrons. The Hall–Kier alpha value is -5.72. The van der Waals surface area contributed by atoms with Crippen LogP contribution >= 0.6 is 46.4 Å². The number of halogens is 4. The number of hydrogen-bond acceptors (Lipinski definition) is 11. The SMILES string of the molecule is CC(=O)C1(NCc2ccc3c(Cl)cnc(Cl)c3c2)CCCC1.CC(=O)C1(NCc2ccc3c(Cl)cnc(N=C(N)N)c3c2)CCCC1.NC(N)=Nc1ncc(Cl)c2ccc(CNC3(C(=O)O)CCCC3)cc12. The first kappa shape index (κ1) is 54.1. The Labute approximate surface area is 438 Å². The second-order valence-electron chi connectivity index (χ2n) is 18.8. The van der Waals surface area contributed by atoms with E-state index in [1.807, 2.05) is 54.6 Å². The largest absolute Gasteiger partial charge is 0.480 e. The van der Waals surface area contributed by atoms with E-state index in [-0.39, 0.29) is 29.0 Å². The Balaban J connectivity index is 0.000000159. The van der Waals surface area contributed by atoms with Crippen molar-refractivity contribution < 1.29 is 19.5 Å². The highest BCUT2D eigenvalue weighted by Gasteiger charge is 2.41. The predicted molar refractivity (Wildman–Crippen MR) is 289 cm³/mol. The number of nitrogens with two attached hydrogens (primary N) is 4. The van der Waals surface area contributed by atoms with Crippen LogP contribution in [0.5, 0.6) is 0 Å². The van der Waals surface area contributed by atoms with Gasteiger partial charge >= 0.3 is 5.97 Å². The van der Waals surface area contributed by atoms with E-state index in [4.69, 9.17) is 69.3 Å². The zero-order valence-electron chi connectivity index (χ0n) is 40.3. The summed E-state index contributed by atoms with van der Waals surface area (Å²) in [6.45, 7) is 5.00. The third-order valence-corrected chi connectivity index (χ3v) is 15.3. The third-order valence-electron chi connectivity index (χ3n) is 14.1. The normalized spacial score (nSPS) is 16.4. The summed E-state index contributed by atoms with van der Waals surface area (Å²) in [5.41, 5.74) is 23.3. The smallest absolute Gasteiger partial charge is 0.323 e. The minimum atomic E-state index is -0.843. The molecule has 12 N–H and O–H groups in total. The number of pyridine rings is 3. The van der Waals surface area contributed by atoms with E-state index >= 15 is 0 Å². The predicted octanol–water partition coefficient (Wildman–Crippen LogP) is 9.60. The molecule has 3 saturated carbocycles. The van der Waals surface area contributed by atoms with Crippen molar-refractivity contribution in [2.24, 2.45) is 32.9 Å². The van der Waals surface area contributed by atoms with E-state index in [9.17, 15) is 19.5 Å². The average molecular weight is 1060 g/mol. The van der Waals surface area contributed by atoms with Crippen molar-refractivity contribution in [1.82, 2.24) is 30.9 Å². The first-order chi connectivity index (χ1) is 34.3. The van der Waals surface area contributed by atoms with Gasteiger partial charge in [0.05, 0.1) is 26.1 Å². The molecule has 3 aliphatic carbocycles. The number of carbonyl (C=O) groups is 3. The number of nitrogens with zero attached hydrogens (tertiary/aromatic N) is 5. The summed E-state index contributed by atoms with van der Waals surface area (Å²) in [4.78, 5) is 56.3. The van der Waals surface area contributed by atoms with Crippen molar-refractivity contribution in [1.29, 1.82) is 0 Å². The molecule has 0 amide bonds. The van der Waals surface area contributed by atoms with Gasteiger partial charge in [-0.2, -0.15) is 9.98 Å². The number of Topliss-reactive ketones (excluding diaryl/α,β-unsaturated/α-hetero) is 2. The molecular weight excluding hydrogens is 998 g/mol. The molecule has 3 aliphatic rings. The molecule has 0 spiro atoms. The molecule has 0 aliphatic heterocycles. The Bertz CT molecular complexity index is 2910. The number of carboxylic acid groups (broad SMARTS) is 1. The van der Waals surface area contributed by atoms with Crippen LogP contribution in [0.25, 0.3) is 32.3 Å². The number of aromatic nitrogens is 3. The number of rotatable bonds is 14. The lowest BCUT2D eigenvalue weighted by Gasteiger charge is -2.27. The Morgan fingerprint density at radius 1 is 0.514 bits per heavy atom. The van der Waals surface area contributed by atoms with E-state index in [1.165, 1.54) is 12.4 Å². The number of hydrogen-bond donors (Lipinski definition) is 8. The van der Waals surface area contributed by atoms with Crippen LogP contribution in [0.3, 0.4) is 0 Å². The van der Waals surface area contributed by atoms with Gasteiger partial charge in [-0.25, -0.2) is 15.0 Å². The lowest BCUT2D eigenvalue weighted by Crippen LogP contribution is -2.49. The van der Waals surface area contributed by atoms with Gasteiger partial charge in [0, 0.05) is 70.5 Å². The highest BCUT2D eigenvalue weighted by atomic mass is 35.5. The molecular formula is C52H60Cl4N12O4. The number of benzene rings is 3.